The molecule has 0 radical (unpaired) electrons. The monoisotopic (exact) mass is 267 g/mol. The maximum absolute atomic E-state index is 11.7. The van der Waals surface area contributed by atoms with Crippen LogP contribution in [0.2, 0.25) is 0 Å². The van der Waals surface area contributed by atoms with E-state index in [4.69, 9.17) is 14.6 Å². The Bertz CT molecular complexity index is 420. The first-order chi connectivity index (χ1) is 9.10. The molecular weight excluding hydrogens is 246 g/mol. The first-order valence-electron chi connectivity index (χ1n) is 6.19. The summed E-state index contributed by atoms with van der Waals surface area (Å²) < 4.78 is 10.3. The molecular formula is C14H21NO4. The Hall–Kier alpha value is -1.75. The van der Waals surface area contributed by atoms with E-state index in [0.717, 1.165) is 5.56 Å². The van der Waals surface area contributed by atoms with E-state index >= 15 is 0 Å². The maximum atomic E-state index is 11.7. The maximum Gasteiger partial charge on any atom is 0.224 e. The lowest BCUT2D eigenvalue weighted by molar-refractivity contribution is -0.120. The molecule has 0 aliphatic rings. The molecule has 0 bridgehead atoms. The molecule has 0 aromatic heterocycles. The van der Waals surface area contributed by atoms with Crippen molar-refractivity contribution in [1.29, 1.82) is 0 Å². The highest BCUT2D eigenvalue weighted by Crippen LogP contribution is 2.27. The summed E-state index contributed by atoms with van der Waals surface area (Å²) in [4.78, 5) is 11.7. The number of hydrogen-bond donors (Lipinski definition) is 2. The standard InChI is InChI=1S/C14H21NO4/c1-10(9-16)8-15-14(17)7-11-4-5-12(18-2)13(6-11)19-3/h4-6,10,16H,7-9H2,1-3H3,(H,15,17). The summed E-state index contributed by atoms with van der Waals surface area (Å²) in [7, 11) is 3.13. The Balaban J connectivity index is 2.59. The SMILES string of the molecule is COc1ccc(CC(=O)NCC(C)CO)cc1OC. The number of hydrogen-bond acceptors (Lipinski definition) is 4. The average molecular weight is 267 g/mol. The molecule has 0 spiro atoms. The first-order valence-corrected chi connectivity index (χ1v) is 6.19. The zero-order valence-corrected chi connectivity index (χ0v) is 11.6. The fourth-order valence-electron chi connectivity index (χ4n) is 1.59. The fraction of sp³-hybridized carbons (Fsp3) is 0.500. The predicted molar refractivity (Wildman–Crippen MR) is 72.5 cm³/mol. The quantitative estimate of drug-likeness (QED) is 0.773. The van der Waals surface area contributed by atoms with Crippen LogP contribution in [0.3, 0.4) is 0 Å². The summed E-state index contributed by atoms with van der Waals surface area (Å²) >= 11 is 0. The Morgan fingerprint density at radius 2 is 2.00 bits per heavy atom. The van der Waals surface area contributed by atoms with E-state index in [-0.39, 0.29) is 24.9 Å². The molecule has 106 valence electrons. The van der Waals surface area contributed by atoms with E-state index in [2.05, 4.69) is 5.32 Å². The third-order valence-corrected chi connectivity index (χ3v) is 2.77. The second kappa shape index (κ2) is 7.63. The summed E-state index contributed by atoms with van der Waals surface area (Å²) in [6.07, 6.45) is 0.276. The number of carbonyl (C=O) groups excluding carboxylic acids is 1. The minimum Gasteiger partial charge on any atom is -0.493 e. The van der Waals surface area contributed by atoms with Gasteiger partial charge in [-0.3, -0.25) is 4.79 Å². The fourth-order valence-corrected chi connectivity index (χ4v) is 1.59. The normalized spacial score (nSPS) is 11.8. The van der Waals surface area contributed by atoms with Crippen molar-refractivity contribution in [3.05, 3.63) is 23.8 Å². The van der Waals surface area contributed by atoms with Gasteiger partial charge in [0.2, 0.25) is 5.91 Å². The largest absolute Gasteiger partial charge is 0.493 e. The second-order valence-electron chi connectivity index (χ2n) is 4.46. The van der Waals surface area contributed by atoms with E-state index in [0.29, 0.717) is 18.0 Å². The van der Waals surface area contributed by atoms with Crippen LogP contribution in [-0.2, 0) is 11.2 Å². The number of benzene rings is 1. The number of methoxy groups -OCH3 is 2. The number of aliphatic hydroxyl groups excluding tert-OH is 1. The molecule has 1 rings (SSSR count). The zero-order valence-electron chi connectivity index (χ0n) is 11.6. The first kappa shape index (κ1) is 15.3. The Morgan fingerprint density at radius 3 is 2.58 bits per heavy atom. The second-order valence-corrected chi connectivity index (χ2v) is 4.46. The van der Waals surface area contributed by atoms with Gasteiger partial charge in [-0.1, -0.05) is 13.0 Å². The van der Waals surface area contributed by atoms with Crippen molar-refractivity contribution in [1.82, 2.24) is 5.32 Å². The molecule has 2 N–H and O–H groups in total. The molecule has 0 heterocycles. The molecule has 5 nitrogen and oxygen atoms in total. The van der Waals surface area contributed by atoms with Crippen molar-refractivity contribution in [2.75, 3.05) is 27.4 Å². The number of aliphatic hydroxyl groups is 1. The van der Waals surface area contributed by atoms with Gasteiger partial charge >= 0.3 is 0 Å². The lowest BCUT2D eigenvalue weighted by atomic mass is 10.1. The summed E-state index contributed by atoms with van der Waals surface area (Å²) in [5.41, 5.74) is 0.854. The van der Waals surface area contributed by atoms with Gasteiger partial charge in [-0.2, -0.15) is 0 Å². The Labute approximate surface area is 113 Å². The van der Waals surface area contributed by atoms with Crippen molar-refractivity contribution in [2.24, 2.45) is 5.92 Å². The molecule has 1 aromatic rings. The van der Waals surface area contributed by atoms with Crippen LogP contribution in [0.5, 0.6) is 11.5 Å². The van der Waals surface area contributed by atoms with Crippen molar-refractivity contribution >= 4 is 5.91 Å². The van der Waals surface area contributed by atoms with Crippen LogP contribution in [0.15, 0.2) is 18.2 Å². The molecule has 5 heteroatoms. The van der Waals surface area contributed by atoms with Crippen LogP contribution in [0.4, 0.5) is 0 Å². The van der Waals surface area contributed by atoms with Crippen LogP contribution in [0.1, 0.15) is 12.5 Å². The Kier molecular flexibility index (Phi) is 6.15. The molecule has 1 aromatic carbocycles. The predicted octanol–water partition coefficient (Wildman–Crippen LogP) is 0.991. The Morgan fingerprint density at radius 1 is 1.32 bits per heavy atom. The van der Waals surface area contributed by atoms with Gasteiger partial charge in [0.15, 0.2) is 11.5 Å². The van der Waals surface area contributed by atoms with Crippen molar-refractivity contribution < 1.29 is 19.4 Å². The van der Waals surface area contributed by atoms with Crippen LogP contribution >= 0.6 is 0 Å². The van der Waals surface area contributed by atoms with E-state index in [1.54, 1.807) is 26.4 Å². The summed E-state index contributed by atoms with van der Waals surface area (Å²) in [6, 6.07) is 5.39. The van der Waals surface area contributed by atoms with Crippen LogP contribution in [0.25, 0.3) is 0 Å². The van der Waals surface area contributed by atoms with Crippen molar-refractivity contribution in [3.63, 3.8) is 0 Å². The van der Waals surface area contributed by atoms with Gasteiger partial charge in [0, 0.05) is 13.2 Å². The van der Waals surface area contributed by atoms with Gasteiger partial charge in [-0.05, 0) is 23.6 Å². The molecule has 0 aliphatic carbocycles. The highest BCUT2D eigenvalue weighted by atomic mass is 16.5. The van der Waals surface area contributed by atoms with Gasteiger partial charge in [0.25, 0.3) is 0 Å². The van der Waals surface area contributed by atoms with Gasteiger partial charge < -0.3 is 19.9 Å². The number of carbonyl (C=O) groups is 1. The highest BCUT2D eigenvalue weighted by Gasteiger charge is 2.09. The van der Waals surface area contributed by atoms with Crippen molar-refractivity contribution in [3.8, 4) is 11.5 Å². The molecule has 0 saturated carbocycles. The smallest absolute Gasteiger partial charge is 0.224 e. The lowest BCUT2D eigenvalue weighted by Gasteiger charge is -2.11. The molecule has 1 amide bonds. The van der Waals surface area contributed by atoms with Gasteiger partial charge in [0.1, 0.15) is 0 Å². The minimum atomic E-state index is -0.0764. The third-order valence-electron chi connectivity index (χ3n) is 2.77. The molecule has 19 heavy (non-hydrogen) atoms. The van der Waals surface area contributed by atoms with E-state index in [1.807, 2.05) is 13.0 Å². The zero-order chi connectivity index (χ0) is 14.3. The summed E-state index contributed by atoms with van der Waals surface area (Å²) in [5, 5.41) is 11.7. The minimum absolute atomic E-state index is 0.0642. The van der Waals surface area contributed by atoms with Crippen LogP contribution in [0, 0.1) is 5.92 Å². The average Bonchev–Trinajstić information content (AvgIpc) is 2.44. The number of ether oxygens (including phenoxy) is 2. The van der Waals surface area contributed by atoms with Gasteiger partial charge in [-0.15, -0.1) is 0 Å². The number of rotatable bonds is 7. The summed E-state index contributed by atoms with van der Waals surface area (Å²) in [6.45, 7) is 2.41. The van der Waals surface area contributed by atoms with Gasteiger partial charge in [0.05, 0.1) is 20.6 Å². The van der Waals surface area contributed by atoms with Crippen molar-refractivity contribution in [2.45, 2.75) is 13.3 Å². The molecule has 1 atom stereocenters. The van der Waals surface area contributed by atoms with E-state index in [1.165, 1.54) is 0 Å². The van der Waals surface area contributed by atoms with Gasteiger partial charge in [-0.25, -0.2) is 0 Å². The van der Waals surface area contributed by atoms with E-state index in [9.17, 15) is 4.79 Å². The van der Waals surface area contributed by atoms with Crippen LogP contribution in [-0.4, -0.2) is 38.4 Å². The number of amides is 1. The van der Waals surface area contributed by atoms with Crippen LogP contribution < -0.4 is 14.8 Å². The van der Waals surface area contributed by atoms with E-state index < -0.39 is 0 Å². The highest BCUT2D eigenvalue weighted by molar-refractivity contribution is 5.78. The molecule has 0 saturated heterocycles. The molecule has 1 unspecified atom stereocenters. The third kappa shape index (κ3) is 4.79. The topological polar surface area (TPSA) is 67.8 Å². The molecule has 0 aliphatic heterocycles. The number of nitrogens with one attached hydrogen (secondary N) is 1. The molecule has 0 fully saturated rings. The lowest BCUT2D eigenvalue weighted by Crippen LogP contribution is -2.30. The summed E-state index contributed by atoms with van der Waals surface area (Å²) in [5.74, 6) is 1.24.